The fourth-order valence-electron chi connectivity index (χ4n) is 1.29. The van der Waals surface area contributed by atoms with E-state index in [0.29, 0.717) is 5.52 Å². The van der Waals surface area contributed by atoms with E-state index in [4.69, 9.17) is 0 Å². The van der Waals surface area contributed by atoms with Crippen LogP contribution in [0.4, 0.5) is 13.2 Å². The second-order valence-corrected chi connectivity index (χ2v) is 2.94. The Morgan fingerprint density at radius 1 is 1.38 bits per heavy atom. The monoisotopic (exact) mass is 230 g/mol. The lowest BCUT2D eigenvalue weighted by Gasteiger charge is -2.07. The molecule has 0 aliphatic carbocycles. The highest BCUT2D eigenvalue weighted by atomic mass is 19.4. The van der Waals surface area contributed by atoms with Crippen molar-refractivity contribution in [2.45, 2.75) is 6.36 Å². The highest BCUT2D eigenvalue weighted by Gasteiger charge is 2.35. The van der Waals surface area contributed by atoms with Gasteiger partial charge in [0.05, 0.1) is 17.4 Å². The van der Waals surface area contributed by atoms with Gasteiger partial charge in [-0.05, 0) is 12.1 Å². The lowest BCUT2D eigenvalue weighted by molar-refractivity contribution is -0.291. The van der Waals surface area contributed by atoms with Crippen molar-refractivity contribution >= 4 is 17.0 Å². The fourth-order valence-corrected chi connectivity index (χ4v) is 1.29. The third kappa shape index (κ3) is 1.97. The fraction of sp³-hybridized carbons (Fsp3) is 0.111. The second kappa shape index (κ2) is 3.51. The van der Waals surface area contributed by atoms with Crippen molar-refractivity contribution in [1.82, 2.24) is 9.97 Å². The van der Waals surface area contributed by atoms with Gasteiger partial charge in [-0.2, -0.15) is 0 Å². The molecule has 0 atom stereocenters. The highest BCUT2D eigenvalue weighted by Crippen LogP contribution is 2.21. The van der Waals surface area contributed by atoms with Gasteiger partial charge in [-0.3, -0.25) is 0 Å². The molecule has 0 amide bonds. The van der Waals surface area contributed by atoms with Gasteiger partial charge in [0.2, 0.25) is 0 Å². The quantitative estimate of drug-likeness (QED) is 0.764. The number of hydrogen-bond donors (Lipinski definition) is 1. The molecule has 0 aliphatic rings. The Morgan fingerprint density at radius 3 is 2.81 bits per heavy atom. The van der Waals surface area contributed by atoms with Crippen LogP contribution >= 0.6 is 0 Å². The Balaban J connectivity index is 2.40. The van der Waals surface area contributed by atoms with Gasteiger partial charge in [0.15, 0.2) is 0 Å². The van der Waals surface area contributed by atoms with Gasteiger partial charge in [-0.1, -0.05) is 6.07 Å². The number of nitrogens with one attached hydrogen (secondary N) is 1. The number of H-pyrrole nitrogens is 1. The van der Waals surface area contributed by atoms with E-state index < -0.39 is 12.3 Å². The van der Waals surface area contributed by atoms with Gasteiger partial charge in [0, 0.05) is 0 Å². The number of carbonyl (C=O) groups excluding carboxylic acids is 1. The van der Waals surface area contributed by atoms with E-state index in [1.807, 2.05) is 0 Å². The van der Waals surface area contributed by atoms with Crippen molar-refractivity contribution in [3.05, 3.63) is 30.1 Å². The van der Waals surface area contributed by atoms with Crippen molar-refractivity contribution in [2.75, 3.05) is 0 Å². The van der Waals surface area contributed by atoms with Crippen LogP contribution in [0.3, 0.4) is 0 Å². The zero-order valence-corrected chi connectivity index (χ0v) is 7.71. The Morgan fingerprint density at radius 2 is 2.12 bits per heavy atom. The van der Waals surface area contributed by atoms with Gasteiger partial charge in [-0.15, -0.1) is 13.2 Å². The van der Waals surface area contributed by atoms with Crippen LogP contribution in [-0.4, -0.2) is 22.3 Å². The predicted molar refractivity (Wildman–Crippen MR) is 47.6 cm³/mol. The molecule has 0 unspecified atom stereocenters. The van der Waals surface area contributed by atoms with Crippen LogP contribution in [0.25, 0.3) is 11.0 Å². The Kier molecular flexibility index (Phi) is 2.30. The van der Waals surface area contributed by atoms with E-state index in [2.05, 4.69) is 14.7 Å². The van der Waals surface area contributed by atoms with E-state index in [1.54, 1.807) is 6.07 Å². The van der Waals surface area contributed by atoms with Crippen LogP contribution < -0.4 is 0 Å². The summed E-state index contributed by atoms with van der Waals surface area (Å²) >= 11 is 0. The Labute approximate surface area is 87.0 Å². The molecule has 1 aromatic carbocycles. The number of alkyl halides is 3. The summed E-state index contributed by atoms with van der Waals surface area (Å²) < 4.78 is 38.8. The summed E-state index contributed by atoms with van der Waals surface area (Å²) in [7, 11) is 0. The smallest absolute Gasteiger partial charge is 0.369 e. The van der Waals surface area contributed by atoms with Crippen molar-refractivity contribution in [3.8, 4) is 0 Å². The molecule has 84 valence electrons. The van der Waals surface area contributed by atoms with Crippen molar-refractivity contribution < 1.29 is 22.7 Å². The lowest BCUT2D eigenvalue weighted by Crippen LogP contribution is -2.19. The molecule has 2 aromatic rings. The van der Waals surface area contributed by atoms with Gasteiger partial charge in [0.1, 0.15) is 5.52 Å². The maximum Gasteiger partial charge on any atom is 0.575 e. The van der Waals surface area contributed by atoms with Gasteiger partial charge < -0.3 is 9.72 Å². The molecular formula is C9H5F3N2O2. The molecule has 0 radical (unpaired) electrons. The normalized spacial score (nSPS) is 11.7. The molecular weight excluding hydrogens is 225 g/mol. The van der Waals surface area contributed by atoms with E-state index in [-0.39, 0.29) is 11.1 Å². The summed E-state index contributed by atoms with van der Waals surface area (Å²) in [6.45, 7) is 0. The second-order valence-electron chi connectivity index (χ2n) is 2.94. The number of carbonyl (C=O) groups is 1. The molecule has 0 bridgehead atoms. The summed E-state index contributed by atoms with van der Waals surface area (Å²) in [5, 5.41) is 0. The molecule has 0 saturated heterocycles. The summed E-state index contributed by atoms with van der Waals surface area (Å²) in [6, 6.07) is 4.25. The van der Waals surface area contributed by atoms with E-state index >= 15 is 0 Å². The van der Waals surface area contributed by atoms with Crippen molar-refractivity contribution in [3.63, 3.8) is 0 Å². The lowest BCUT2D eigenvalue weighted by atomic mass is 10.2. The molecule has 4 nitrogen and oxygen atoms in total. The molecule has 2 rings (SSSR count). The average molecular weight is 230 g/mol. The molecule has 0 fully saturated rings. The zero-order valence-electron chi connectivity index (χ0n) is 7.71. The van der Waals surface area contributed by atoms with Crippen LogP contribution in [-0.2, 0) is 4.74 Å². The van der Waals surface area contributed by atoms with Crippen LogP contribution in [0.5, 0.6) is 0 Å². The Bertz CT molecular complexity index is 533. The number of para-hydroxylation sites is 1. The molecule has 1 N–H and O–H groups in total. The summed E-state index contributed by atoms with van der Waals surface area (Å²) in [5.41, 5.74) is 0.393. The number of ether oxygens (including phenoxy) is 1. The first-order chi connectivity index (χ1) is 7.47. The maximum atomic E-state index is 11.8. The van der Waals surface area contributed by atoms with Crippen LogP contribution in [0.15, 0.2) is 24.5 Å². The number of halogens is 3. The first kappa shape index (κ1) is 10.5. The molecule has 0 aliphatic heterocycles. The van der Waals surface area contributed by atoms with Crippen molar-refractivity contribution in [2.24, 2.45) is 0 Å². The van der Waals surface area contributed by atoms with Gasteiger partial charge in [0.25, 0.3) is 0 Å². The number of hydrogen-bond acceptors (Lipinski definition) is 3. The first-order valence-electron chi connectivity index (χ1n) is 4.19. The highest BCUT2D eigenvalue weighted by molar-refractivity contribution is 6.01. The topological polar surface area (TPSA) is 55.0 Å². The number of nitrogens with zero attached hydrogens (tertiary/aromatic N) is 1. The van der Waals surface area contributed by atoms with Crippen LogP contribution in [0.2, 0.25) is 0 Å². The largest absolute Gasteiger partial charge is 0.575 e. The number of imidazole rings is 1. The van der Waals surface area contributed by atoms with E-state index in [1.165, 1.54) is 18.5 Å². The standard InChI is InChI=1S/C9H5F3N2O2/c10-9(11,12)16-8(15)5-2-1-3-6-7(5)14-4-13-6/h1-4H,(H,13,14). The molecule has 1 aromatic heterocycles. The number of esters is 1. The zero-order chi connectivity index (χ0) is 11.8. The molecule has 1 heterocycles. The third-order valence-corrected chi connectivity index (χ3v) is 1.88. The minimum Gasteiger partial charge on any atom is -0.369 e. The Hall–Kier alpha value is -2.05. The van der Waals surface area contributed by atoms with Crippen LogP contribution in [0, 0.1) is 0 Å². The SMILES string of the molecule is O=C(OC(F)(F)F)c1cccc2[nH]cnc12. The maximum absolute atomic E-state index is 11.8. The number of fused-ring (bicyclic) bond motifs is 1. The minimum atomic E-state index is -4.99. The molecule has 0 spiro atoms. The number of rotatable bonds is 1. The van der Waals surface area contributed by atoms with Gasteiger partial charge >= 0.3 is 12.3 Å². The average Bonchev–Trinajstić information content (AvgIpc) is 2.61. The summed E-state index contributed by atoms with van der Waals surface area (Å²) in [4.78, 5) is 17.6. The van der Waals surface area contributed by atoms with Crippen molar-refractivity contribution in [1.29, 1.82) is 0 Å². The molecule has 16 heavy (non-hydrogen) atoms. The number of aromatic amines is 1. The van der Waals surface area contributed by atoms with E-state index in [9.17, 15) is 18.0 Å². The number of benzene rings is 1. The summed E-state index contributed by atoms with van der Waals surface area (Å²) in [5.74, 6) is -1.47. The van der Waals surface area contributed by atoms with Gasteiger partial charge in [-0.25, -0.2) is 9.78 Å². The molecule has 0 saturated carbocycles. The van der Waals surface area contributed by atoms with E-state index in [0.717, 1.165) is 0 Å². The molecule has 7 heteroatoms. The third-order valence-electron chi connectivity index (χ3n) is 1.88. The van der Waals surface area contributed by atoms with Crippen LogP contribution in [0.1, 0.15) is 10.4 Å². The first-order valence-corrected chi connectivity index (χ1v) is 4.19. The number of aromatic nitrogens is 2. The summed E-state index contributed by atoms with van der Waals surface area (Å²) in [6.07, 6.45) is -3.70. The minimum absolute atomic E-state index is 0.150. The predicted octanol–water partition coefficient (Wildman–Crippen LogP) is 2.24.